The normalized spacial score (nSPS) is 10.8. The Morgan fingerprint density at radius 3 is 2.69 bits per heavy atom. The maximum Gasteiger partial charge on any atom is 0.266 e. The summed E-state index contributed by atoms with van der Waals surface area (Å²) in [5.41, 5.74) is 5.55. The number of rotatable bonds is 2. The number of anilines is 1. The van der Waals surface area contributed by atoms with Crippen LogP contribution in [0.15, 0.2) is 6.20 Å². The van der Waals surface area contributed by atoms with Crippen molar-refractivity contribution >= 4 is 5.69 Å². The van der Waals surface area contributed by atoms with Gasteiger partial charge >= 0.3 is 0 Å². The molecule has 0 bridgehead atoms. The summed E-state index contributed by atoms with van der Waals surface area (Å²) < 4.78 is 24.8. The van der Waals surface area contributed by atoms with Crippen LogP contribution in [0.4, 0.5) is 14.5 Å². The summed E-state index contributed by atoms with van der Waals surface area (Å²) in [6, 6.07) is 0. The van der Waals surface area contributed by atoms with E-state index in [0.29, 0.717) is 0 Å². The van der Waals surface area contributed by atoms with Crippen LogP contribution in [0.5, 0.6) is 0 Å². The number of aliphatic hydroxyl groups is 1. The SMILES string of the molecule is Cc1c(CO)ncc(N)c1C(F)F. The number of hydrogen-bond acceptors (Lipinski definition) is 3. The molecule has 3 nitrogen and oxygen atoms in total. The molecule has 13 heavy (non-hydrogen) atoms. The molecule has 72 valence electrons. The van der Waals surface area contributed by atoms with Crippen molar-refractivity contribution < 1.29 is 13.9 Å². The van der Waals surface area contributed by atoms with Crippen LogP contribution in [-0.2, 0) is 6.61 Å². The van der Waals surface area contributed by atoms with Gasteiger partial charge in [-0.1, -0.05) is 0 Å². The molecule has 0 aromatic carbocycles. The lowest BCUT2D eigenvalue weighted by Crippen LogP contribution is -2.04. The van der Waals surface area contributed by atoms with Gasteiger partial charge in [0.1, 0.15) is 0 Å². The van der Waals surface area contributed by atoms with E-state index in [0.717, 1.165) is 6.20 Å². The molecule has 0 spiro atoms. The first kappa shape index (κ1) is 9.85. The van der Waals surface area contributed by atoms with Crippen molar-refractivity contribution in [3.8, 4) is 0 Å². The largest absolute Gasteiger partial charge is 0.397 e. The van der Waals surface area contributed by atoms with Crippen LogP contribution >= 0.6 is 0 Å². The predicted octanol–water partition coefficient (Wildman–Crippen LogP) is 1.40. The zero-order valence-corrected chi connectivity index (χ0v) is 7.09. The second-order valence-corrected chi connectivity index (χ2v) is 2.66. The standard InChI is InChI=1S/C8H10F2N2O/c1-4-6(3-13)12-2-5(11)7(4)8(9)10/h2,8,13H,3,11H2,1H3. The monoisotopic (exact) mass is 188 g/mol. The molecule has 1 rings (SSSR count). The molecule has 0 aliphatic rings. The van der Waals surface area contributed by atoms with E-state index in [-0.39, 0.29) is 29.1 Å². The van der Waals surface area contributed by atoms with E-state index in [1.54, 1.807) is 0 Å². The first-order chi connectivity index (χ1) is 6.07. The molecule has 0 atom stereocenters. The van der Waals surface area contributed by atoms with Crippen LogP contribution in [0.25, 0.3) is 0 Å². The summed E-state index contributed by atoms with van der Waals surface area (Å²) in [6.45, 7) is 1.11. The fourth-order valence-corrected chi connectivity index (χ4v) is 1.13. The van der Waals surface area contributed by atoms with E-state index in [4.69, 9.17) is 10.8 Å². The summed E-state index contributed by atoms with van der Waals surface area (Å²) in [6.07, 6.45) is -1.49. The molecule has 0 saturated heterocycles. The molecule has 1 aromatic heterocycles. The average molecular weight is 188 g/mol. The average Bonchev–Trinajstić information content (AvgIpc) is 2.04. The molecular weight excluding hydrogens is 178 g/mol. The predicted molar refractivity (Wildman–Crippen MR) is 44.3 cm³/mol. The number of nitrogens with zero attached hydrogens (tertiary/aromatic N) is 1. The molecule has 3 N–H and O–H groups in total. The molecule has 0 unspecified atom stereocenters. The van der Waals surface area contributed by atoms with Crippen LogP contribution in [0, 0.1) is 6.92 Å². The molecule has 0 amide bonds. The number of alkyl halides is 2. The zero-order valence-electron chi connectivity index (χ0n) is 7.09. The van der Waals surface area contributed by atoms with Gasteiger partial charge in [-0.25, -0.2) is 8.78 Å². The van der Waals surface area contributed by atoms with Crippen molar-refractivity contribution in [2.24, 2.45) is 0 Å². The second-order valence-electron chi connectivity index (χ2n) is 2.66. The lowest BCUT2D eigenvalue weighted by Gasteiger charge is -2.10. The first-order valence-electron chi connectivity index (χ1n) is 3.70. The maximum absolute atomic E-state index is 12.4. The molecule has 1 aromatic rings. The number of pyridine rings is 1. The van der Waals surface area contributed by atoms with E-state index in [9.17, 15) is 8.78 Å². The number of nitrogen functional groups attached to an aromatic ring is 1. The van der Waals surface area contributed by atoms with E-state index >= 15 is 0 Å². The van der Waals surface area contributed by atoms with Crippen molar-refractivity contribution in [2.45, 2.75) is 20.0 Å². The summed E-state index contributed by atoms with van der Waals surface area (Å²) >= 11 is 0. The van der Waals surface area contributed by atoms with Gasteiger partial charge in [-0.05, 0) is 12.5 Å². The minimum atomic E-state index is -2.63. The Balaban J connectivity index is 3.30. The first-order valence-corrected chi connectivity index (χ1v) is 3.70. The van der Waals surface area contributed by atoms with Gasteiger partial charge < -0.3 is 10.8 Å². The minimum Gasteiger partial charge on any atom is -0.397 e. The molecule has 0 aliphatic carbocycles. The van der Waals surface area contributed by atoms with Gasteiger partial charge in [0, 0.05) is 5.56 Å². The summed E-state index contributed by atoms with van der Waals surface area (Å²) in [7, 11) is 0. The van der Waals surface area contributed by atoms with E-state index < -0.39 is 6.43 Å². The molecule has 0 radical (unpaired) electrons. The van der Waals surface area contributed by atoms with Crippen molar-refractivity contribution in [3.63, 3.8) is 0 Å². The zero-order chi connectivity index (χ0) is 10.0. The van der Waals surface area contributed by atoms with Crippen molar-refractivity contribution in [3.05, 3.63) is 23.0 Å². The quantitative estimate of drug-likeness (QED) is 0.737. The highest BCUT2D eigenvalue weighted by Crippen LogP contribution is 2.28. The van der Waals surface area contributed by atoms with Gasteiger partial charge in [0.2, 0.25) is 0 Å². The Kier molecular flexibility index (Phi) is 2.77. The third-order valence-electron chi connectivity index (χ3n) is 1.88. The molecule has 0 saturated carbocycles. The van der Waals surface area contributed by atoms with E-state index in [2.05, 4.69) is 4.98 Å². The van der Waals surface area contributed by atoms with Crippen LogP contribution in [0.1, 0.15) is 23.2 Å². The van der Waals surface area contributed by atoms with Gasteiger partial charge in [0.05, 0.1) is 24.2 Å². The fourth-order valence-electron chi connectivity index (χ4n) is 1.13. The Hall–Kier alpha value is -1.23. The number of halogens is 2. The molecule has 0 aliphatic heterocycles. The molecule has 5 heteroatoms. The number of aliphatic hydroxyl groups excluding tert-OH is 1. The topological polar surface area (TPSA) is 59.1 Å². The summed E-state index contributed by atoms with van der Waals surface area (Å²) in [5, 5.41) is 8.77. The molecule has 0 fully saturated rings. The highest BCUT2D eigenvalue weighted by atomic mass is 19.3. The van der Waals surface area contributed by atoms with Gasteiger partial charge in [-0.3, -0.25) is 4.98 Å². The summed E-state index contributed by atoms with van der Waals surface area (Å²) in [5.74, 6) is 0. The van der Waals surface area contributed by atoms with Gasteiger partial charge in [-0.2, -0.15) is 0 Å². The lowest BCUT2D eigenvalue weighted by molar-refractivity contribution is 0.151. The maximum atomic E-state index is 12.4. The third-order valence-corrected chi connectivity index (χ3v) is 1.88. The minimum absolute atomic E-state index is 0.0373. The molecule has 1 heterocycles. The van der Waals surface area contributed by atoms with Crippen molar-refractivity contribution in [1.82, 2.24) is 4.98 Å². The van der Waals surface area contributed by atoms with Crippen LogP contribution in [0.2, 0.25) is 0 Å². The number of aromatic nitrogens is 1. The molecular formula is C8H10F2N2O. The second kappa shape index (κ2) is 3.66. The third kappa shape index (κ3) is 1.75. The Morgan fingerprint density at radius 1 is 1.62 bits per heavy atom. The number of hydrogen-bond donors (Lipinski definition) is 2. The van der Waals surface area contributed by atoms with Crippen molar-refractivity contribution in [1.29, 1.82) is 0 Å². The van der Waals surface area contributed by atoms with Gasteiger partial charge in [-0.15, -0.1) is 0 Å². The summed E-state index contributed by atoms with van der Waals surface area (Å²) in [4.78, 5) is 3.73. The highest BCUT2D eigenvalue weighted by molar-refractivity contribution is 5.50. The fraction of sp³-hybridized carbons (Fsp3) is 0.375. The highest BCUT2D eigenvalue weighted by Gasteiger charge is 2.17. The number of nitrogens with two attached hydrogens (primary N) is 1. The van der Waals surface area contributed by atoms with Gasteiger partial charge in [0.15, 0.2) is 0 Å². The van der Waals surface area contributed by atoms with Crippen LogP contribution < -0.4 is 5.73 Å². The Morgan fingerprint density at radius 2 is 2.23 bits per heavy atom. The Bertz CT molecular complexity index is 315. The Labute approximate surface area is 74.2 Å². The van der Waals surface area contributed by atoms with Crippen molar-refractivity contribution in [2.75, 3.05) is 5.73 Å². The van der Waals surface area contributed by atoms with E-state index in [1.165, 1.54) is 6.92 Å². The van der Waals surface area contributed by atoms with Crippen LogP contribution in [0.3, 0.4) is 0 Å². The van der Waals surface area contributed by atoms with E-state index in [1.807, 2.05) is 0 Å². The smallest absolute Gasteiger partial charge is 0.266 e. The lowest BCUT2D eigenvalue weighted by atomic mass is 10.1. The van der Waals surface area contributed by atoms with Gasteiger partial charge in [0.25, 0.3) is 6.43 Å². The van der Waals surface area contributed by atoms with Crippen LogP contribution in [-0.4, -0.2) is 10.1 Å².